The third kappa shape index (κ3) is 3.62. The Hall–Kier alpha value is -3.52. The molecule has 3 N–H and O–H groups in total. The number of nitrogens with zero attached hydrogens (tertiary/aromatic N) is 4. The second-order valence-corrected chi connectivity index (χ2v) is 7.44. The highest BCUT2D eigenvalue weighted by Gasteiger charge is 2.16. The third-order valence-corrected chi connectivity index (χ3v) is 5.86. The average Bonchev–Trinajstić information content (AvgIpc) is 3.06. The Morgan fingerprint density at radius 2 is 2.00 bits per heavy atom. The van der Waals surface area contributed by atoms with Crippen LogP contribution in [0.1, 0.15) is 11.1 Å². The summed E-state index contributed by atoms with van der Waals surface area (Å²) in [6, 6.07) is 12.9. The predicted molar refractivity (Wildman–Crippen MR) is 115 cm³/mol. The van der Waals surface area contributed by atoms with E-state index in [2.05, 4.69) is 20.2 Å². The van der Waals surface area contributed by atoms with Gasteiger partial charge in [-0.15, -0.1) is 16.5 Å². The lowest BCUT2D eigenvalue weighted by molar-refractivity contribution is 0.373. The Morgan fingerprint density at radius 1 is 1.17 bits per heavy atom. The molecule has 0 fully saturated rings. The van der Waals surface area contributed by atoms with Gasteiger partial charge in [-0.3, -0.25) is 0 Å². The maximum absolute atomic E-state index is 9.89. The molecule has 0 bridgehead atoms. The van der Waals surface area contributed by atoms with Crippen LogP contribution in [0.3, 0.4) is 0 Å². The van der Waals surface area contributed by atoms with Crippen LogP contribution < -0.4 is 10.5 Å². The van der Waals surface area contributed by atoms with Gasteiger partial charge in [0.1, 0.15) is 11.0 Å². The first kappa shape index (κ1) is 18.8. The summed E-state index contributed by atoms with van der Waals surface area (Å²) in [6.07, 6.45) is 1.49. The van der Waals surface area contributed by atoms with Crippen molar-refractivity contribution in [1.82, 2.24) is 9.97 Å². The number of azo groups is 1. The van der Waals surface area contributed by atoms with E-state index in [9.17, 15) is 5.11 Å². The largest absolute Gasteiger partial charge is 0.504 e. The van der Waals surface area contributed by atoms with Gasteiger partial charge in [-0.2, -0.15) is 5.11 Å². The van der Waals surface area contributed by atoms with Crippen LogP contribution >= 0.6 is 11.3 Å². The molecule has 2 aromatic carbocycles. The van der Waals surface area contributed by atoms with Gasteiger partial charge in [0.15, 0.2) is 17.3 Å². The van der Waals surface area contributed by atoms with Crippen molar-refractivity contribution < 1.29 is 9.84 Å². The first-order valence-corrected chi connectivity index (χ1v) is 9.72. The van der Waals surface area contributed by atoms with Gasteiger partial charge < -0.3 is 15.6 Å². The summed E-state index contributed by atoms with van der Waals surface area (Å²) in [5.74, 6) is 1.01. The summed E-state index contributed by atoms with van der Waals surface area (Å²) in [5, 5.41) is 18.5. The zero-order valence-corrected chi connectivity index (χ0v) is 16.8. The summed E-state index contributed by atoms with van der Waals surface area (Å²) in [6.45, 7) is 2.33. The second-order valence-electron chi connectivity index (χ2n) is 6.42. The number of anilines is 1. The van der Waals surface area contributed by atoms with Crippen LogP contribution in [0, 0.1) is 6.92 Å². The normalized spacial score (nSPS) is 11.4. The molecule has 4 aromatic rings. The first-order valence-electron chi connectivity index (χ1n) is 8.91. The summed E-state index contributed by atoms with van der Waals surface area (Å²) in [7, 11) is 1.51. The van der Waals surface area contributed by atoms with E-state index in [1.807, 2.05) is 37.3 Å². The lowest BCUT2D eigenvalue weighted by atomic mass is 10.1. The minimum absolute atomic E-state index is 0.0728. The first-order chi connectivity index (χ1) is 14.1. The average molecular weight is 405 g/mol. The Kier molecular flexibility index (Phi) is 5.09. The molecule has 7 nitrogen and oxygen atoms in total. The fourth-order valence-corrected chi connectivity index (χ4v) is 4.30. The fourth-order valence-electron chi connectivity index (χ4n) is 3.06. The minimum Gasteiger partial charge on any atom is -0.504 e. The standard InChI is InChI=1S/C21H19N5O2S/c1-12-18-20(29-19(12)14-5-3-4-6-15(14)22)21(24-11-23-18)26-25-10-13-7-8-17(28-2)16(27)9-13/h3-9,11,27H,10,22H2,1-2H3. The molecule has 2 heterocycles. The van der Waals surface area contributed by atoms with E-state index in [1.54, 1.807) is 23.5 Å². The molecule has 0 amide bonds. The summed E-state index contributed by atoms with van der Waals surface area (Å²) < 4.78 is 5.92. The summed E-state index contributed by atoms with van der Waals surface area (Å²) in [5.41, 5.74) is 10.6. The lowest BCUT2D eigenvalue weighted by Gasteiger charge is -2.03. The van der Waals surface area contributed by atoms with Gasteiger partial charge in [0, 0.05) is 16.1 Å². The SMILES string of the molecule is COc1ccc(CN=Nc2ncnc3c(C)c(-c4ccccc4N)sc23)cc1O. The highest BCUT2D eigenvalue weighted by molar-refractivity contribution is 7.23. The monoisotopic (exact) mass is 405 g/mol. The smallest absolute Gasteiger partial charge is 0.195 e. The molecule has 0 radical (unpaired) electrons. The fraction of sp³-hybridized carbons (Fsp3) is 0.143. The van der Waals surface area contributed by atoms with E-state index in [4.69, 9.17) is 10.5 Å². The van der Waals surface area contributed by atoms with Crippen molar-refractivity contribution in [3.63, 3.8) is 0 Å². The Labute approximate surface area is 171 Å². The molecule has 4 rings (SSSR count). The van der Waals surface area contributed by atoms with Gasteiger partial charge in [-0.1, -0.05) is 24.3 Å². The number of aromatic hydroxyl groups is 1. The Balaban J connectivity index is 1.66. The van der Waals surface area contributed by atoms with Crippen LogP contribution in [0.5, 0.6) is 11.5 Å². The van der Waals surface area contributed by atoms with Crippen LogP contribution in [-0.2, 0) is 6.54 Å². The number of benzene rings is 2. The van der Waals surface area contributed by atoms with Crippen molar-refractivity contribution >= 4 is 33.1 Å². The minimum atomic E-state index is 0.0728. The summed E-state index contributed by atoms with van der Waals surface area (Å²) in [4.78, 5) is 9.77. The third-order valence-electron chi connectivity index (χ3n) is 4.55. The van der Waals surface area contributed by atoms with Gasteiger partial charge in [-0.25, -0.2) is 9.97 Å². The van der Waals surface area contributed by atoms with Crippen molar-refractivity contribution in [2.24, 2.45) is 10.2 Å². The lowest BCUT2D eigenvalue weighted by Crippen LogP contribution is -1.88. The van der Waals surface area contributed by atoms with Crippen molar-refractivity contribution in [2.45, 2.75) is 13.5 Å². The summed E-state index contributed by atoms with van der Waals surface area (Å²) >= 11 is 1.56. The maximum atomic E-state index is 9.89. The number of nitrogen functional groups attached to an aromatic ring is 1. The topological polar surface area (TPSA) is 106 Å². The van der Waals surface area contributed by atoms with Gasteiger partial charge in [0.05, 0.1) is 19.2 Å². The number of thiophene rings is 1. The van der Waals surface area contributed by atoms with Crippen LogP contribution in [0.4, 0.5) is 11.5 Å². The van der Waals surface area contributed by atoms with E-state index in [1.165, 1.54) is 13.4 Å². The number of hydrogen-bond donors (Lipinski definition) is 2. The number of aryl methyl sites for hydroxylation is 1. The number of aromatic nitrogens is 2. The molecule has 0 aliphatic carbocycles. The van der Waals surface area contributed by atoms with E-state index in [0.29, 0.717) is 18.1 Å². The van der Waals surface area contributed by atoms with E-state index >= 15 is 0 Å². The molecular formula is C21H19N5O2S. The van der Waals surface area contributed by atoms with Crippen LogP contribution in [0.15, 0.2) is 59.0 Å². The van der Waals surface area contributed by atoms with Crippen molar-refractivity contribution in [3.05, 3.63) is 59.9 Å². The van der Waals surface area contributed by atoms with E-state index in [-0.39, 0.29) is 5.75 Å². The van der Waals surface area contributed by atoms with E-state index in [0.717, 1.165) is 37.5 Å². The number of phenolic OH excluding ortho intramolecular Hbond substituents is 1. The molecule has 29 heavy (non-hydrogen) atoms. The molecule has 0 aliphatic rings. The number of para-hydroxylation sites is 1. The van der Waals surface area contributed by atoms with Gasteiger partial charge >= 0.3 is 0 Å². The maximum Gasteiger partial charge on any atom is 0.195 e. The van der Waals surface area contributed by atoms with Crippen molar-refractivity contribution in [2.75, 3.05) is 12.8 Å². The predicted octanol–water partition coefficient (Wildman–Crippen LogP) is 5.25. The Bertz CT molecular complexity index is 1220. The van der Waals surface area contributed by atoms with Crippen LogP contribution in [0.25, 0.3) is 20.7 Å². The number of phenols is 1. The molecule has 0 atom stereocenters. The number of methoxy groups -OCH3 is 1. The van der Waals surface area contributed by atoms with Crippen LogP contribution in [0.2, 0.25) is 0 Å². The molecule has 0 unspecified atom stereocenters. The molecule has 0 saturated carbocycles. The molecule has 2 aromatic heterocycles. The highest BCUT2D eigenvalue weighted by Crippen LogP contribution is 2.42. The molecule has 0 saturated heterocycles. The molecule has 0 aliphatic heterocycles. The van der Waals surface area contributed by atoms with Crippen molar-refractivity contribution in [3.8, 4) is 21.9 Å². The highest BCUT2D eigenvalue weighted by atomic mass is 32.1. The molecule has 0 spiro atoms. The zero-order chi connectivity index (χ0) is 20.4. The Morgan fingerprint density at radius 3 is 2.76 bits per heavy atom. The number of hydrogen-bond acceptors (Lipinski definition) is 8. The second kappa shape index (κ2) is 7.84. The molecular weight excluding hydrogens is 386 g/mol. The van der Waals surface area contributed by atoms with Gasteiger partial charge in [-0.05, 0) is 36.2 Å². The number of fused-ring (bicyclic) bond motifs is 1. The number of nitrogens with two attached hydrogens (primary N) is 1. The molecule has 8 heteroatoms. The zero-order valence-electron chi connectivity index (χ0n) is 16.0. The van der Waals surface area contributed by atoms with Gasteiger partial charge in [0.2, 0.25) is 0 Å². The molecule has 146 valence electrons. The van der Waals surface area contributed by atoms with E-state index < -0.39 is 0 Å². The number of rotatable bonds is 5. The van der Waals surface area contributed by atoms with Gasteiger partial charge in [0.25, 0.3) is 0 Å². The number of ether oxygens (including phenoxy) is 1. The van der Waals surface area contributed by atoms with Crippen molar-refractivity contribution in [1.29, 1.82) is 0 Å². The quantitative estimate of drug-likeness (QED) is 0.348. The van der Waals surface area contributed by atoms with Crippen LogP contribution in [-0.4, -0.2) is 22.2 Å².